The summed E-state index contributed by atoms with van der Waals surface area (Å²) in [6, 6.07) is 0. The van der Waals surface area contributed by atoms with Crippen LogP contribution in [0.4, 0.5) is 0 Å². The molecule has 2 amide bonds. The van der Waals surface area contributed by atoms with Gasteiger partial charge in [0, 0.05) is 12.2 Å². The Kier molecular flexibility index (Phi) is 3.23. The maximum atomic E-state index is 12.2. The van der Waals surface area contributed by atoms with Gasteiger partial charge in [-0.1, -0.05) is 0 Å². The SMILES string of the molecule is CC1OC(=O)/C=C\C(=O)OC(C)N2C(=O)CC3=C2N1C(=O)C3. The van der Waals surface area contributed by atoms with Gasteiger partial charge in [-0.2, -0.15) is 0 Å². The van der Waals surface area contributed by atoms with Gasteiger partial charge in [0.2, 0.25) is 11.8 Å². The third-order valence-electron chi connectivity index (χ3n) is 3.70. The lowest BCUT2D eigenvalue weighted by molar-refractivity contribution is -0.160. The monoisotopic (exact) mass is 306 g/mol. The molecule has 0 spiro atoms. The fourth-order valence-corrected chi connectivity index (χ4v) is 2.86. The zero-order chi connectivity index (χ0) is 16.0. The van der Waals surface area contributed by atoms with Crippen molar-refractivity contribution in [2.75, 3.05) is 0 Å². The number of amides is 2. The topological polar surface area (TPSA) is 93.2 Å². The highest BCUT2D eigenvalue weighted by Gasteiger charge is 2.46. The highest BCUT2D eigenvalue weighted by atomic mass is 16.6. The van der Waals surface area contributed by atoms with E-state index in [-0.39, 0.29) is 24.7 Å². The summed E-state index contributed by atoms with van der Waals surface area (Å²) in [6.45, 7) is 3.07. The Morgan fingerprint density at radius 3 is 1.68 bits per heavy atom. The molecule has 3 aliphatic heterocycles. The van der Waals surface area contributed by atoms with Crippen molar-refractivity contribution in [3.63, 3.8) is 0 Å². The molecular formula is C14H14N2O6. The molecule has 0 N–H and O–H groups in total. The van der Waals surface area contributed by atoms with Gasteiger partial charge in [0.15, 0.2) is 12.5 Å². The van der Waals surface area contributed by atoms with E-state index >= 15 is 0 Å². The largest absolute Gasteiger partial charge is 0.438 e. The molecule has 0 fully saturated rings. The van der Waals surface area contributed by atoms with Crippen LogP contribution in [0.15, 0.2) is 23.5 Å². The van der Waals surface area contributed by atoms with Crippen LogP contribution < -0.4 is 0 Å². The maximum absolute atomic E-state index is 12.2. The van der Waals surface area contributed by atoms with Crippen LogP contribution in [0.1, 0.15) is 26.7 Å². The molecule has 0 saturated heterocycles. The molecule has 3 rings (SSSR count). The zero-order valence-electron chi connectivity index (χ0n) is 12.1. The third kappa shape index (κ3) is 2.16. The smallest absolute Gasteiger partial charge is 0.332 e. The van der Waals surface area contributed by atoms with Crippen LogP contribution in [-0.2, 0) is 28.7 Å². The average molecular weight is 306 g/mol. The fraction of sp³-hybridized carbons (Fsp3) is 0.429. The number of carbonyl (C=O) groups excluding carboxylic acids is 4. The van der Waals surface area contributed by atoms with Gasteiger partial charge in [0.1, 0.15) is 5.82 Å². The Labute approximate surface area is 125 Å². The maximum Gasteiger partial charge on any atom is 0.332 e. The molecule has 0 aromatic carbocycles. The summed E-state index contributed by atoms with van der Waals surface area (Å²) >= 11 is 0. The molecule has 0 aromatic rings. The number of hydrogen-bond acceptors (Lipinski definition) is 6. The molecule has 0 bridgehead atoms. The number of ether oxygens (including phenoxy) is 2. The lowest BCUT2D eigenvalue weighted by Crippen LogP contribution is -2.47. The quantitative estimate of drug-likeness (QED) is 0.585. The number of cyclic esters (lactones) is 2. The van der Waals surface area contributed by atoms with Crippen LogP contribution in [0.2, 0.25) is 0 Å². The lowest BCUT2D eigenvalue weighted by Gasteiger charge is -2.33. The van der Waals surface area contributed by atoms with Crippen molar-refractivity contribution in [2.24, 2.45) is 0 Å². The summed E-state index contributed by atoms with van der Waals surface area (Å²) in [5, 5.41) is 0. The van der Waals surface area contributed by atoms with Crippen LogP contribution >= 0.6 is 0 Å². The number of esters is 2. The molecule has 8 heteroatoms. The van der Waals surface area contributed by atoms with Crippen molar-refractivity contribution >= 4 is 23.8 Å². The van der Waals surface area contributed by atoms with Crippen LogP contribution in [0.25, 0.3) is 0 Å². The van der Waals surface area contributed by atoms with Crippen molar-refractivity contribution in [3.8, 4) is 0 Å². The Morgan fingerprint density at radius 2 is 1.27 bits per heavy atom. The minimum atomic E-state index is -0.883. The summed E-state index contributed by atoms with van der Waals surface area (Å²) in [6.07, 6.45) is 0.280. The number of nitrogens with zero attached hydrogens (tertiary/aromatic N) is 2. The van der Waals surface area contributed by atoms with Gasteiger partial charge < -0.3 is 9.47 Å². The van der Waals surface area contributed by atoms with Gasteiger partial charge in [-0.3, -0.25) is 19.4 Å². The van der Waals surface area contributed by atoms with E-state index < -0.39 is 24.4 Å². The number of hydrogen-bond donors (Lipinski definition) is 0. The van der Waals surface area contributed by atoms with Gasteiger partial charge in [0.05, 0.1) is 12.8 Å². The fourth-order valence-electron chi connectivity index (χ4n) is 2.86. The van der Waals surface area contributed by atoms with E-state index in [1.807, 2.05) is 0 Å². The Hall–Kier alpha value is -2.64. The summed E-state index contributed by atoms with van der Waals surface area (Å²) in [5.74, 6) is -1.69. The standard InChI is InChI=1S/C14H14N2O6/c1-7-15-10(17)5-9-6-11(18)16(14(9)15)8(2)22-13(20)4-3-12(19)21-7/h3-4,7-8H,5-6H2,1-2H3/b4-3-. The predicted octanol–water partition coefficient (Wildman–Crippen LogP) is 0.0108. The van der Waals surface area contributed by atoms with E-state index in [1.165, 1.54) is 23.6 Å². The van der Waals surface area contributed by atoms with Crippen molar-refractivity contribution in [3.05, 3.63) is 23.5 Å². The van der Waals surface area contributed by atoms with Gasteiger partial charge in [-0.25, -0.2) is 9.59 Å². The summed E-state index contributed by atoms with van der Waals surface area (Å²) < 4.78 is 10.2. The second-order valence-corrected chi connectivity index (χ2v) is 5.21. The molecule has 22 heavy (non-hydrogen) atoms. The molecule has 8 nitrogen and oxygen atoms in total. The first kappa shape index (κ1) is 14.3. The second kappa shape index (κ2) is 4.97. The van der Waals surface area contributed by atoms with E-state index in [0.717, 1.165) is 12.2 Å². The molecule has 3 heterocycles. The molecule has 0 radical (unpaired) electrons. The van der Waals surface area contributed by atoms with Crippen molar-refractivity contribution < 1.29 is 28.7 Å². The van der Waals surface area contributed by atoms with Crippen LogP contribution in [0, 0.1) is 0 Å². The number of carbonyl (C=O) groups is 4. The Balaban J connectivity index is 2.04. The van der Waals surface area contributed by atoms with E-state index in [2.05, 4.69) is 0 Å². The molecular weight excluding hydrogens is 292 g/mol. The molecule has 0 aliphatic carbocycles. The summed E-state index contributed by atoms with van der Waals surface area (Å²) in [7, 11) is 0. The molecule has 2 atom stereocenters. The van der Waals surface area contributed by atoms with Crippen molar-refractivity contribution in [2.45, 2.75) is 39.1 Å². The molecule has 0 saturated carbocycles. The Morgan fingerprint density at radius 1 is 0.864 bits per heavy atom. The molecule has 116 valence electrons. The zero-order valence-corrected chi connectivity index (χ0v) is 12.1. The first-order chi connectivity index (χ1) is 10.4. The van der Waals surface area contributed by atoms with E-state index in [1.54, 1.807) is 0 Å². The van der Waals surface area contributed by atoms with Crippen LogP contribution in [0.3, 0.4) is 0 Å². The van der Waals surface area contributed by atoms with Gasteiger partial charge in [-0.15, -0.1) is 0 Å². The Bertz CT molecular complexity index is 598. The molecule has 2 unspecified atom stereocenters. The normalized spacial score (nSPS) is 30.1. The average Bonchev–Trinajstić information content (AvgIpc) is 2.87. The third-order valence-corrected chi connectivity index (χ3v) is 3.70. The van der Waals surface area contributed by atoms with E-state index in [9.17, 15) is 19.2 Å². The van der Waals surface area contributed by atoms with Crippen LogP contribution in [-0.4, -0.2) is 46.0 Å². The minimum absolute atomic E-state index is 0.0932. The molecule has 0 aromatic heterocycles. The predicted molar refractivity (Wildman–Crippen MR) is 70.2 cm³/mol. The van der Waals surface area contributed by atoms with Gasteiger partial charge in [0.25, 0.3) is 0 Å². The van der Waals surface area contributed by atoms with E-state index in [4.69, 9.17) is 9.47 Å². The second-order valence-electron chi connectivity index (χ2n) is 5.21. The lowest BCUT2D eigenvalue weighted by atomic mass is 10.2. The highest BCUT2D eigenvalue weighted by Crippen LogP contribution is 2.38. The first-order valence-electron chi connectivity index (χ1n) is 6.84. The van der Waals surface area contributed by atoms with Crippen molar-refractivity contribution in [1.29, 1.82) is 0 Å². The minimum Gasteiger partial charge on any atom is -0.438 e. The van der Waals surface area contributed by atoms with E-state index in [0.29, 0.717) is 11.4 Å². The first-order valence-corrected chi connectivity index (χ1v) is 6.84. The van der Waals surface area contributed by atoms with Crippen LogP contribution in [0.5, 0.6) is 0 Å². The summed E-state index contributed by atoms with van der Waals surface area (Å²) in [5.41, 5.74) is 0.646. The van der Waals surface area contributed by atoms with Crippen molar-refractivity contribution in [1.82, 2.24) is 9.80 Å². The summed E-state index contributed by atoms with van der Waals surface area (Å²) in [4.78, 5) is 50.1. The highest BCUT2D eigenvalue weighted by molar-refractivity contribution is 5.95. The van der Waals surface area contributed by atoms with Gasteiger partial charge >= 0.3 is 11.9 Å². The van der Waals surface area contributed by atoms with Gasteiger partial charge in [-0.05, 0) is 19.4 Å². The molecule has 3 aliphatic rings. The number of rotatable bonds is 0.